The maximum absolute atomic E-state index is 13.0. The van der Waals surface area contributed by atoms with Crippen molar-refractivity contribution in [2.45, 2.75) is 127 Å². The lowest BCUT2D eigenvalue weighted by Crippen LogP contribution is -2.47. The first-order valence-corrected chi connectivity index (χ1v) is 17.6. The number of ether oxygens (including phenoxy) is 1. The van der Waals surface area contributed by atoms with Crippen molar-refractivity contribution in [2.75, 3.05) is 11.5 Å². The fourth-order valence-electron chi connectivity index (χ4n) is 8.55. The molecule has 2 fully saturated rings. The van der Waals surface area contributed by atoms with Crippen molar-refractivity contribution in [2.24, 2.45) is 23.2 Å². The Morgan fingerprint density at radius 2 is 1.65 bits per heavy atom. The second-order valence-corrected chi connectivity index (χ2v) is 15.1. The fourth-order valence-corrected chi connectivity index (χ4v) is 9.75. The molecule has 0 aliphatic heterocycles. The number of hydrogen-bond donors (Lipinski definition) is 1. The Morgan fingerprint density at radius 1 is 0.977 bits per heavy atom. The van der Waals surface area contributed by atoms with Gasteiger partial charge in [-0.25, -0.2) is 0 Å². The molecule has 43 heavy (non-hydrogen) atoms. The summed E-state index contributed by atoms with van der Waals surface area (Å²) >= 11 is 0. The zero-order valence-corrected chi connectivity index (χ0v) is 26.0. The molecule has 10 heteroatoms. The van der Waals surface area contributed by atoms with E-state index in [9.17, 15) is 36.1 Å². The molecule has 3 aliphatic carbocycles. The summed E-state index contributed by atoms with van der Waals surface area (Å²) in [5.74, 6) is -2.08. The number of fused-ring (bicyclic) bond motifs is 5. The Morgan fingerprint density at radius 3 is 2.35 bits per heavy atom. The minimum Gasteiger partial charge on any atom is -0.508 e. The first-order valence-electron chi connectivity index (χ1n) is 16.1. The monoisotopic (exact) mass is 634 g/mol. The topological polar surface area (TPSA) is 63.6 Å². The molecule has 0 radical (unpaired) electrons. The maximum atomic E-state index is 13.0. The molecule has 2 saturated carbocycles. The summed E-state index contributed by atoms with van der Waals surface area (Å²) in [4.78, 5) is 11.2. The summed E-state index contributed by atoms with van der Waals surface area (Å²) in [6.07, 6.45) is 5.96. The van der Waals surface area contributed by atoms with Gasteiger partial charge in [0, 0.05) is 34.1 Å². The first kappa shape index (κ1) is 34.2. The first-order chi connectivity index (χ1) is 20.4. The minimum atomic E-state index is -5.55. The average molecular weight is 635 g/mol. The molecule has 1 N–H and O–H groups in total. The van der Waals surface area contributed by atoms with Gasteiger partial charge >= 0.3 is 12.1 Å². The molecular weight excluding hydrogens is 587 g/mol. The van der Waals surface area contributed by atoms with Crippen LogP contribution in [0.5, 0.6) is 5.75 Å². The highest BCUT2D eigenvalue weighted by atomic mass is 32.2. The van der Waals surface area contributed by atoms with Crippen LogP contribution in [-0.2, 0) is 26.8 Å². The van der Waals surface area contributed by atoms with Gasteiger partial charge in [-0.05, 0) is 98.3 Å². The molecule has 1 aromatic rings. The van der Waals surface area contributed by atoms with Crippen molar-refractivity contribution in [3.8, 4) is 5.75 Å². The van der Waals surface area contributed by atoms with Crippen LogP contribution in [0.25, 0.3) is 0 Å². The van der Waals surface area contributed by atoms with Gasteiger partial charge in [0.2, 0.25) is 0 Å². The zero-order chi connectivity index (χ0) is 31.3. The van der Waals surface area contributed by atoms with Gasteiger partial charge in [-0.3, -0.25) is 9.00 Å². The molecule has 3 aliphatic rings. The molecule has 0 bridgehead atoms. The number of carbonyl (C=O) groups excluding carboxylic acids is 1. The summed E-state index contributed by atoms with van der Waals surface area (Å²) in [6, 6.07) is 5.89. The van der Waals surface area contributed by atoms with Gasteiger partial charge in [-0.1, -0.05) is 51.5 Å². The van der Waals surface area contributed by atoms with Crippen LogP contribution in [0.15, 0.2) is 18.2 Å². The number of alkyl halides is 5. The summed E-state index contributed by atoms with van der Waals surface area (Å²) in [5.41, 5.74) is 2.69. The number of hydrogen-bond acceptors (Lipinski definition) is 4. The molecule has 244 valence electrons. The van der Waals surface area contributed by atoms with Crippen molar-refractivity contribution >= 4 is 17.3 Å². The van der Waals surface area contributed by atoms with Gasteiger partial charge in [0.25, 0.3) is 6.47 Å². The van der Waals surface area contributed by atoms with Crippen molar-refractivity contribution in [3.05, 3.63) is 29.3 Å². The largest absolute Gasteiger partial charge is 0.508 e. The number of halogens is 5. The molecule has 0 aromatic heterocycles. The molecule has 0 saturated heterocycles. The lowest BCUT2D eigenvalue weighted by molar-refractivity contribution is -0.284. The average Bonchev–Trinajstić information content (AvgIpc) is 3.27. The smallest absolute Gasteiger partial charge is 0.453 e. The summed E-state index contributed by atoms with van der Waals surface area (Å²) < 4.78 is 80.2. The molecule has 1 unspecified atom stereocenters. The number of benzene rings is 1. The predicted molar refractivity (Wildman–Crippen MR) is 158 cm³/mol. The minimum absolute atomic E-state index is 0.00521. The quantitative estimate of drug-likeness (QED) is 0.112. The van der Waals surface area contributed by atoms with E-state index < -0.39 is 35.7 Å². The predicted octanol–water partition coefficient (Wildman–Crippen LogP) is 8.86. The van der Waals surface area contributed by atoms with Gasteiger partial charge in [-0.2, -0.15) is 22.0 Å². The molecular formula is C33H47F5O4S. The molecule has 0 spiro atoms. The van der Waals surface area contributed by atoms with Gasteiger partial charge in [-0.15, -0.1) is 0 Å². The third kappa shape index (κ3) is 8.12. The second kappa shape index (κ2) is 14.6. The van der Waals surface area contributed by atoms with Crippen molar-refractivity contribution < 1.29 is 40.8 Å². The third-order valence-electron chi connectivity index (χ3n) is 10.7. The third-order valence-corrected chi connectivity index (χ3v) is 12.2. The van der Waals surface area contributed by atoms with E-state index in [1.807, 2.05) is 12.1 Å². The van der Waals surface area contributed by atoms with Gasteiger partial charge in [0.05, 0.1) is 0 Å². The van der Waals surface area contributed by atoms with Crippen LogP contribution in [0.1, 0.15) is 114 Å². The van der Waals surface area contributed by atoms with E-state index in [1.54, 1.807) is 0 Å². The van der Waals surface area contributed by atoms with Crippen LogP contribution in [0.2, 0.25) is 0 Å². The Labute approximate surface area is 255 Å². The highest BCUT2D eigenvalue weighted by molar-refractivity contribution is 7.84. The van der Waals surface area contributed by atoms with E-state index in [-0.39, 0.29) is 17.3 Å². The van der Waals surface area contributed by atoms with Crippen molar-refractivity contribution in [3.63, 3.8) is 0 Å². The Balaban J connectivity index is 1.18. The highest BCUT2D eigenvalue weighted by Gasteiger charge is 2.58. The molecule has 1 aromatic carbocycles. The van der Waals surface area contributed by atoms with E-state index in [2.05, 4.69) is 13.0 Å². The second-order valence-electron chi connectivity index (χ2n) is 13.4. The fraction of sp³-hybridized carbons (Fsp3) is 0.788. The lowest BCUT2D eigenvalue weighted by atomic mass is 9.52. The Bertz CT molecular complexity index is 1100. The van der Waals surface area contributed by atoms with Crippen molar-refractivity contribution in [1.29, 1.82) is 0 Å². The van der Waals surface area contributed by atoms with Crippen LogP contribution < -0.4 is 0 Å². The van der Waals surface area contributed by atoms with Gasteiger partial charge < -0.3 is 9.84 Å². The highest BCUT2D eigenvalue weighted by Crippen LogP contribution is 2.63. The zero-order valence-electron chi connectivity index (χ0n) is 25.2. The van der Waals surface area contributed by atoms with E-state index in [0.29, 0.717) is 48.1 Å². The number of rotatable bonds is 16. The van der Waals surface area contributed by atoms with Crippen LogP contribution in [0, 0.1) is 23.2 Å². The maximum Gasteiger partial charge on any atom is 0.453 e. The van der Waals surface area contributed by atoms with E-state index in [0.717, 1.165) is 77.0 Å². The van der Waals surface area contributed by atoms with Crippen LogP contribution >= 0.6 is 0 Å². The number of phenolic OH excluding ortho intramolecular Hbond substituents is 1. The van der Waals surface area contributed by atoms with E-state index >= 15 is 0 Å². The molecule has 0 amide bonds. The SMILES string of the molecule is C[C@]12CC[C@@H]3c4ccc(O)cc4C[C@@H](CCCCCCCCCS(=O)CCCC(F)(F)C(F)(F)F)[C@H]3[C@@H]1CC[C@@H]2OC=O. The molecule has 4 nitrogen and oxygen atoms in total. The Kier molecular flexibility index (Phi) is 11.6. The summed E-state index contributed by atoms with van der Waals surface area (Å²) in [5, 5.41) is 10.2. The number of phenols is 1. The lowest BCUT2D eigenvalue weighted by Gasteiger charge is -2.53. The Hall–Kier alpha value is -1.71. The van der Waals surface area contributed by atoms with Crippen LogP contribution in [0.4, 0.5) is 22.0 Å². The molecule has 4 rings (SSSR count). The normalized spacial score (nSPS) is 29.4. The summed E-state index contributed by atoms with van der Waals surface area (Å²) in [7, 11) is -1.37. The molecule has 0 heterocycles. The van der Waals surface area contributed by atoms with E-state index in [4.69, 9.17) is 4.74 Å². The van der Waals surface area contributed by atoms with E-state index in [1.165, 1.54) is 11.1 Å². The van der Waals surface area contributed by atoms with Crippen LogP contribution in [0.3, 0.4) is 0 Å². The van der Waals surface area contributed by atoms with Crippen LogP contribution in [-0.4, -0.2) is 45.5 Å². The van der Waals surface area contributed by atoms with Gasteiger partial charge in [0.15, 0.2) is 0 Å². The van der Waals surface area contributed by atoms with Gasteiger partial charge in [0.1, 0.15) is 11.9 Å². The number of carbonyl (C=O) groups is 1. The number of aromatic hydroxyl groups is 1. The summed E-state index contributed by atoms with van der Waals surface area (Å²) in [6.45, 7) is 2.94. The standard InChI is InChI=1S/C33H47F5O4S/c1-31-17-15-27-26-12-11-25(40)21-24(26)20-23(30(27)28(31)13-14-29(31)42-22-39)10-7-5-3-2-4-6-8-18-43(41)19-9-16-32(34,35)33(36,37)38/h11-12,21-23,27-30,40H,2-10,13-20H2,1H3/t23-,27-,28+,29+,30-,31+,43?/m1/s1. The van der Waals surface area contributed by atoms with Crippen molar-refractivity contribution in [1.82, 2.24) is 0 Å². The molecule has 7 atom stereocenters. The number of unbranched alkanes of at least 4 members (excludes halogenated alkanes) is 6.